The van der Waals surface area contributed by atoms with Gasteiger partial charge < -0.3 is 0 Å². The summed E-state index contributed by atoms with van der Waals surface area (Å²) in [6.07, 6.45) is -2.71. The van der Waals surface area contributed by atoms with Crippen LogP contribution < -0.4 is 0 Å². The fourth-order valence-corrected chi connectivity index (χ4v) is 0.956. The lowest BCUT2D eigenvalue weighted by Gasteiger charge is -2.03. The number of hydrogen-bond acceptors (Lipinski definition) is 1. The molecular formula is C7H5ClF3N. The van der Waals surface area contributed by atoms with Gasteiger partial charge in [-0.15, -0.1) is 0 Å². The molecule has 0 fully saturated rings. The summed E-state index contributed by atoms with van der Waals surface area (Å²) in [4.78, 5) is 3.42. The van der Waals surface area contributed by atoms with Crippen molar-refractivity contribution in [1.29, 1.82) is 0 Å². The maximum Gasteiger partial charge on any atom is 0.265 e. The van der Waals surface area contributed by atoms with Crippen molar-refractivity contribution in [2.45, 2.75) is 13.1 Å². The van der Waals surface area contributed by atoms with Gasteiger partial charge in [0.1, 0.15) is 11.8 Å². The molecule has 1 aromatic rings. The van der Waals surface area contributed by atoms with Crippen LogP contribution in [0.2, 0.25) is 5.15 Å². The summed E-state index contributed by atoms with van der Waals surface area (Å²) in [5, 5.41) is 0.0204. The van der Waals surface area contributed by atoms with Crippen LogP contribution in [-0.4, -0.2) is 4.98 Å². The van der Waals surface area contributed by atoms with Crippen LogP contribution in [0.15, 0.2) is 12.1 Å². The Hall–Kier alpha value is -0.770. The Morgan fingerprint density at radius 1 is 1.42 bits per heavy atom. The lowest BCUT2D eigenvalue weighted by Crippen LogP contribution is -1.96. The Bertz CT molecular complexity index is 277. The van der Waals surface area contributed by atoms with E-state index < -0.39 is 18.7 Å². The predicted molar refractivity (Wildman–Crippen MR) is 39.0 cm³/mol. The molecule has 1 rings (SSSR count). The molecule has 0 aliphatic carbocycles. The highest BCUT2D eigenvalue weighted by Gasteiger charge is 2.13. The van der Waals surface area contributed by atoms with Gasteiger partial charge in [-0.05, 0) is 12.1 Å². The molecule has 5 heteroatoms. The van der Waals surface area contributed by atoms with Crippen LogP contribution in [-0.2, 0) is 6.67 Å². The molecule has 12 heavy (non-hydrogen) atoms. The zero-order valence-corrected chi connectivity index (χ0v) is 6.65. The van der Waals surface area contributed by atoms with E-state index >= 15 is 0 Å². The van der Waals surface area contributed by atoms with Crippen molar-refractivity contribution in [2.75, 3.05) is 0 Å². The van der Waals surface area contributed by atoms with Crippen molar-refractivity contribution in [1.82, 2.24) is 4.98 Å². The first-order valence-electron chi connectivity index (χ1n) is 3.14. The maximum atomic E-state index is 12.1. The molecule has 0 bridgehead atoms. The summed E-state index contributed by atoms with van der Waals surface area (Å²) < 4.78 is 36.3. The molecule has 1 aromatic heterocycles. The zero-order chi connectivity index (χ0) is 9.14. The van der Waals surface area contributed by atoms with Crippen LogP contribution in [0, 0.1) is 0 Å². The molecule has 0 aliphatic rings. The highest BCUT2D eigenvalue weighted by atomic mass is 35.5. The van der Waals surface area contributed by atoms with Crippen LogP contribution in [0.25, 0.3) is 0 Å². The fourth-order valence-electron chi connectivity index (χ4n) is 0.791. The standard InChI is InChI=1S/C7H5ClF3N/c8-6-2-1-4(7(10)11)5(3-9)12-6/h1-2,7H,3H2. The number of halogens is 4. The van der Waals surface area contributed by atoms with Crippen LogP contribution in [0.5, 0.6) is 0 Å². The smallest absolute Gasteiger partial charge is 0.244 e. The predicted octanol–water partition coefficient (Wildman–Crippen LogP) is 3.14. The molecule has 0 spiro atoms. The minimum atomic E-state index is -2.71. The number of hydrogen-bond donors (Lipinski definition) is 0. The molecule has 0 aliphatic heterocycles. The third-order valence-corrected chi connectivity index (χ3v) is 1.55. The highest BCUT2D eigenvalue weighted by molar-refractivity contribution is 6.29. The van der Waals surface area contributed by atoms with E-state index in [-0.39, 0.29) is 10.8 Å². The second-order valence-corrected chi connectivity index (χ2v) is 2.49. The third kappa shape index (κ3) is 1.88. The van der Waals surface area contributed by atoms with Gasteiger partial charge in [-0.2, -0.15) is 0 Å². The van der Waals surface area contributed by atoms with E-state index in [0.29, 0.717) is 0 Å². The van der Waals surface area contributed by atoms with Gasteiger partial charge in [-0.1, -0.05) is 11.6 Å². The summed E-state index contributed by atoms with van der Waals surface area (Å²) in [7, 11) is 0. The minimum absolute atomic E-state index is 0.0204. The van der Waals surface area contributed by atoms with Gasteiger partial charge in [0.2, 0.25) is 0 Å². The highest BCUT2D eigenvalue weighted by Crippen LogP contribution is 2.23. The number of pyridine rings is 1. The molecule has 0 amide bonds. The van der Waals surface area contributed by atoms with E-state index in [0.717, 1.165) is 6.07 Å². The summed E-state index contributed by atoms with van der Waals surface area (Å²) in [5.41, 5.74) is -0.695. The van der Waals surface area contributed by atoms with Gasteiger partial charge in [-0.3, -0.25) is 0 Å². The fraction of sp³-hybridized carbons (Fsp3) is 0.286. The molecule has 1 nitrogen and oxygen atoms in total. The van der Waals surface area contributed by atoms with Crippen LogP contribution >= 0.6 is 11.6 Å². The summed E-state index contributed by atoms with van der Waals surface area (Å²) in [6, 6.07) is 2.29. The Morgan fingerprint density at radius 2 is 2.08 bits per heavy atom. The first-order valence-corrected chi connectivity index (χ1v) is 3.52. The Morgan fingerprint density at radius 3 is 2.58 bits per heavy atom. The van der Waals surface area contributed by atoms with Gasteiger partial charge in [-0.25, -0.2) is 18.2 Å². The average molecular weight is 196 g/mol. The molecule has 0 saturated carbocycles. The van der Waals surface area contributed by atoms with Crippen LogP contribution in [0.4, 0.5) is 13.2 Å². The molecule has 0 aromatic carbocycles. The largest absolute Gasteiger partial charge is 0.265 e. The molecule has 0 radical (unpaired) electrons. The van der Waals surface area contributed by atoms with Crippen molar-refractivity contribution < 1.29 is 13.2 Å². The minimum Gasteiger partial charge on any atom is -0.244 e. The van der Waals surface area contributed by atoms with Crippen LogP contribution in [0.3, 0.4) is 0 Å². The average Bonchev–Trinajstić information content (AvgIpc) is 2.03. The van der Waals surface area contributed by atoms with Gasteiger partial charge in [0.25, 0.3) is 6.43 Å². The SMILES string of the molecule is FCc1nc(Cl)ccc1C(F)F. The molecular weight excluding hydrogens is 191 g/mol. The summed E-state index contributed by atoms with van der Waals surface area (Å²) in [5.74, 6) is 0. The van der Waals surface area contributed by atoms with Crippen LogP contribution in [0.1, 0.15) is 17.7 Å². The van der Waals surface area contributed by atoms with E-state index in [1.165, 1.54) is 6.07 Å². The summed E-state index contributed by atoms with van der Waals surface area (Å²) >= 11 is 5.38. The molecule has 0 atom stereocenters. The monoisotopic (exact) mass is 195 g/mol. The van der Waals surface area contributed by atoms with Gasteiger partial charge in [0.15, 0.2) is 0 Å². The Balaban J connectivity index is 3.11. The van der Waals surface area contributed by atoms with Gasteiger partial charge in [0, 0.05) is 5.56 Å². The number of rotatable bonds is 2. The van der Waals surface area contributed by atoms with E-state index in [1.807, 2.05) is 0 Å². The first-order chi connectivity index (χ1) is 5.65. The van der Waals surface area contributed by atoms with Crippen molar-refractivity contribution in [3.63, 3.8) is 0 Å². The number of alkyl halides is 3. The van der Waals surface area contributed by atoms with E-state index in [2.05, 4.69) is 4.98 Å². The van der Waals surface area contributed by atoms with E-state index in [4.69, 9.17) is 11.6 Å². The second kappa shape index (κ2) is 3.76. The summed E-state index contributed by atoms with van der Waals surface area (Å²) in [6.45, 7) is -1.03. The van der Waals surface area contributed by atoms with Crippen molar-refractivity contribution >= 4 is 11.6 Å². The third-order valence-electron chi connectivity index (χ3n) is 1.34. The van der Waals surface area contributed by atoms with Gasteiger partial charge >= 0.3 is 0 Å². The topological polar surface area (TPSA) is 12.9 Å². The molecule has 66 valence electrons. The molecule has 1 heterocycles. The zero-order valence-electron chi connectivity index (χ0n) is 5.90. The van der Waals surface area contributed by atoms with Crippen molar-refractivity contribution in [2.24, 2.45) is 0 Å². The van der Waals surface area contributed by atoms with Crippen molar-refractivity contribution in [3.8, 4) is 0 Å². The second-order valence-electron chi connectivity index (χ2n) is 2.10. The Labute approximate surface area is 72.2 Å². The molecule has 0 unspecified atom stereocenters. The normalized spacial score (nSPS) is 10.8. The molecule has 0 N–H and O–H groups in total. The Kier molecular flexibility index (Phi) is 2.92. The number of nitrogens with zero attached hydrogens (tertiary/aromatic N) is 1. The lowest BCUT2D eigenvalue weighted by atomic mass is 10.2. The van der Waals surface area contributed by atoms with E-state index in [9.17, 15) is 13.2 Å². The van der Waals surface area contributed by atoms with Crippen molar-refractivity contribution in [3.05, 3.63) is 28.5 Å². The quantitative estimate of drug-likeness (QED) is 0.661. The number of aromatic nitrogens is 1. The van der Waals surface area contributed by atoms with E-state index in [1.54, 1.807) is 0 Å². The lowest BCUT2D eigenvalue weighted by molar-refractivity contribution is 0.148. The van der Waals surface area contributed by atoms with Gasteiger partial charge in [0.05, 0.1) is 5.69 Å². The molecule has 0 saturated heterocycles. The first kappa shape index (κ1) is 9.32. The maximum absolute atomic E-state index is 12.1.